The molecule has 0 aliphatic heterocycles. The number of hydrogen-bond donors (Lipinski definition) is 1. The van der Waals surface area contributed by atoms with E-state index in [-0.39, 0.29) is 5.91 Å². The maximum Gasteiger partial charge on any atom is 0.337 e. The van der Waals surface area contributed by atoms with Crippen LogP contribution in [0.15, 0.2) is 72.9 Å². The molecule has 5 heteroatoms. The highest BCUT2D eigenvalue weighted by Gasteiger charge is 2.13. The fourth-order valence-corrected chi connectivity index (χ4v) is 2.43. The van der Waals surface area contributed by atoms with E-state index in [1.54, 1.807) is 36.5 Å². The highest BCUT2D eigenvalue weighted by atomic mass is 16.5. The number of pyridine rings is 1. The first-order valence-corrected chi connectivity index (χ1v) is 7.69. The minimum absolute atomic E-state index is 0.243. The molecule has 3 rings (SSSR count). The fourth-order valence-electron chi connectivity index (χ4n) is 2.43. The van der Waals surface area contributed by atoms with Crippen molar-refractivity contribution < 1.29 is 14.3 Å². The Morgan fingerprint density at radius 2 is 1.64 bits per heavy atom. The van der Waals surface area contributed by atoms with Gasteiger partial charge in [-0.25, -0.2) is 4.79 Å². The predicted octanol–water partition coefficient (Wildman–Crippen LogP) is 3.79. The zero-order chi connectivity index (χ0) is 17.6. The van der Waals surface area contributed by atoms with Gasteiger partial charge in [0.05, 0.1) is 18.4 Å². The molecule has 2 aromatic carbocycles. The molecule has 0 aliphatic carbocycles. The molecule has 0 saturated heterocycles. The van der Waals surface area contributed by atoms with Crippen LogP contribution in [-0.2, 0) is 4.74 Å². The Balaban J connectivity index is 1.84. The van der Waals surface area contributed by atoms with Crippen molar-refractivity contribution in [2.45, 2.75) is 0 Å². The van der Waals surface area contributed by atoms with Gasteiger partial charge in [-0.05, 0) is 42.5 Å². The highest BCUT2D eigenvalue weighted by Crippen LogP contribution is 2.22. The number of nitrogens with zero attached hydrogens (tertiary/aromatic N) is 1. The quantitative estimate of drug-likeness (QED) is 0.738. The molecule has 124 valence electrons. The standard InChI is InChI=1S/C20H16N2O3/c1-25-20(24)14-9-11-15(12-10-14)22-19(23)17-7-3-2-6-16(17)18-8-4-5-13-21-18/h2-13H,1H3,(H,22,23). The highest BCUT2D eigenvalue weighted by molar-refractivity contribution is 6.08. The SMILES string of the molecule is COC(=O)c1ccc(NC(=O)c2ccccc2-c2ccccn2)cc1. The van der Waals surface area contributed by atoms with Gasteiger partial charge in [0.1, 0.15) is 0 Å². The van der Waals surface area contributed by atoms with Crippen LogP contribution in [-0.4, -0.2) is 24.0 Å². The number of nitrogens with one attached hydrogen (secondary N) is 1. The van der Waals surface area contributed by atoms with Gasteiger partial charge in [-0.1, -0.05) is 24.3 Å². The summed E-state index contributed by atoms with van der Waals surface area (Å²) in [4.78, 5) is 28.4. The van der Waals surface area contributed by atoms with Crippen molar-refractivity contribution in [3.8, 4) is 11.3 Å². The molecule has 0 atom stereocenters. The van der Waals surface area contributed by atoms with Crippen molar-refractivity contribution in [1.29, 1.82) is 0 Å². The molecule has 1 aromatic heterocycles. The lowest BCUT2D eigenvalue weighted by molar-refractivity contribution is 0.0600. The van der Waals surface area contributed by atoms with E-state index in [4.69, 9.17) is 0 Å². The summed E-state index contributed by atoms with van der Waals surface area (Å²) >= 11 is 0. The Hall–Kier alpha value is -3.47. The molecule has 3 aromatic rings. The molecule has 1 N–H and O–H groups in total. The van der Waals surface area contributed by atoms with Crippen LogP contribution in [0.4, 0.5) is 5.69 Å². The summed E-state index contributed by atoms with van der Waals surface area (Å²) in [5.41, 5.74) is 3.03. The molecule has 0 unspecified atom stereocenters. The van der Waals surface area contributed by atoms with E-state index in [1.807, 2.05) is 36.4 Å². The van der Waals surface area contributed by atoms with Gasteiger partial charge in [0.15, 0.2) is 0 Å². The van der Waals surface area contributed by atoms with Crippen LogP contribution >= 0.6 is 0 Å². The van der Waals surface area contributed by atoms with Gasteiger partial charge < -0.3 is 10.1 Å². The van der Waals surface area contributed by atoms with Crippen molar-refractivity contribution in [2.24, 2.45) is 0 Å². The lowest BCUT2D eigenvalue weighted by Crippen LogP contribution is -2.13. The third-order valence-corrected chi connectivity index (χ3v) is 3.68. The summed E-state index contributed by atoms with van der Waals surface area (Å²) in [5.74, 6) is -0.662. The lowest BCUT2D eigenvalue weighted by Gasteiger charge is -2.10. The molecule has 0 fully saturated rings. The summed E-state index contributed by atoms with van der Waals surface area (Å²) in [7, 11) is 1.33. The van der Waals surface area contributed by atoms with E-state index in [1.165, 1.54) is 7.11 Å². The predicted molar refractivity (Wildman–Crippen MR) is 95.4 cm³/mol. The topological polar surface area (TPSA) is 68.3 Å². The summed E-state index contributed by atoms with van der Waals surface area (Å²) in [6.07, 6.45) is 1.69. The van der Waals surface area contributed by atoms with Gasteiger partial charge in [-0.15, -0.1) is 0 Å². The number of esters is 1. The van der Waals surface area contributed by atoms with Crippen LogP contribution in [0.1, 0.15) is 20.7 Å². The molecule has 0 aliphatic rings. The first kappa shape index (κ1) is 16.4. The van der Waals surface area contributed by atoms with Crippen molar-refractivity contribution in [1.82, 2.24) is 4.98 Å². The fraction of sp³-hybridized carbons (Fsp3) is 0.0500. The van der Waals surface area contributed by atoms with E-state index < -0.39 is 5.97 Å². The number of amides is 1. The van der Waals surface area contributed by atoms with Crippen molar-refractivity contribution >= 4 is 17.6 Å². The summed E-state index contributed by atoms with van der Waals surface area (Å²) < 4.78 is 4.66. The second kappa shape index (κ2) is 7.40. The maximum atomic E-state index is 12.7. The average molecular weight is 332 g/mol. The van der Waals surface area contributed by atoms with Gasteiger partial charge in [-0.3, -0.25) is 9.78 Å². The molecular weight excluding hydrogens is 316 g/mol. The molecule has 25 heavy (non-hydrogen) atoms. The Morgan fingerprint density at radius 3 is 2.32 bits per heavy atom. The number of benzene rings is 2. The van der Waals surface area contributed by atoms with Crippen LogP contribution < -0.4 is 5.32 Å². The third kappa shape index (κ3) is 3.72. The zero-order valence-electron chi connectivity index (χ0n) is 13.6. The smallest absolute Gasteiger partial charge is 0.337 e. The van der Waals surface area contributed by atoms with Gasteiger partial charge in [-0.2, -0.15) is 0 Å². The van der Waals surface area contributed by atoms with Crippen molar-refractivity contribution in [2.75, 3.05) is 12.4 Å². The summed E-state index contributed by atoms with van der Waals surface area (Å²) in [6.45, 7) is 0. The van der Waals surface area contributed by atoms with E-state index >= 15 is 0 Å². The minimum atomic E-state index is -0.418. The molecule has 0 spiro atoms. The maximum absolute atomic E-state index is 12.7. The number of rotatable bonds is 4. The summed E-state index contributed by atoms with van der Waals surface area (Å²) in [6, 6.07) is 19.4. The van der Waals surface area contributed by atoms with E-state index in [2.05, 4.69) is 15.0 Å². The number of methoxy groups -OCH3 is 1. The molecular formula is C20H16N2O3. The van der Waals surface area contributed by atoms with Gasteiger partial charge in [0, 0.05) is 23.0 Å². The van der Waals surface area contributed by atoms with Crippen LogP contribution in [0.3, 0.4) is 0 Å². The molecule has 0 radical (unpaired) electrons. The number of hydrogen-bond acceptors (Lipinski definition) is 4. The third-order valence-electron chi connectivity index (χ3n) is 3.68. The number of ether oxygens (including phenoxy) is 1. The van der Waals surface area contributed by atoms with Gasteiger partial charge in [0.25, 0.3) is 5.91 Å². The number of anilines is 1. The Bertz CT molecular complexity index is 890. The molecule has 5 nitrogen and oxygen atoms in total. The molecule has 0 bridgehead atoms. The van der Waals surface area contributed by atoms with Crippen molar-refractivity contribution in [3.05, 3.63) is 84.1 Å². The minimum Gasteiger partial charge on any atom is -0.465 e. The first-order valence-electron chi connectivity index (χ1n) is 7.69. The largest absolute Gasteiger partial charge is 0.465 e. The number of aromatic nitrogens is 1. The number of carbonyl (C=O) groups excluding carboxylic acids is 2. The molecule has 1 heterocycles. The van der Waals surface area contributed by atoms with Crippen LogP contribution in [0.25, 0.3) is 11.3 Å². The van der Waals surface area contributed by atoms with Crippen LogP contribution in [0.5, 0.6) is 0 Å². The zero-order valence-corrected chi connectivity index (χ0v) is 13.6. The average Bonchev–Trinajstić information content (AvgIpc) is 2.68. The van der Waals surface area contributed by atoms with Crippen LogP contribution in [0, 0.1) is 0 Å². The van der Waals surface area contributed by atoms with Crippen LogP contribution in [0.2, 0.25) is 0 Å². The van der Waals surface area contributed by atoms with E-state index in [9.17, 15) is 9.59 Å². The van der Waals surface area contributed by atoms with E-state index in [0.29, 0.717) is 16.8 Å². The van der Waals surface area contributed by atoms with E-state index in [0.717, 1.165) is 11.3 Å². The molecule has 1 amide bonds. The van der Waals surface area contributed by atoms with Gasteiger partial charge >= 0.3 is 5.97 Å². The Morgan fingerprint density at radius 1 is 0.920 bits per heavy atom. The van der Waals surface area contributed by atoms with Gasteiger partial charge in [0.2, 0.25) is 0 Å². The Kier molecular flexibility index (Phi) is 4.85. The second-order valence-corrected chi connectivity index (χ2v) is 5.28. The van der Waals surface area contributed by atoms with Crippen molar-refractivity contribution in [3.63, 3.8) is 0 Å². The Labute approximate surface area is 145 Å². The lowest BCUT2D eigenvalue weighted by atomic mass is 10.0. The normalized spacial score (nSPS) is 10.1. The number of carbonyl (C=O) groups is 2. The molecule has 0 saturated carbocycles. The second-order valence-electron chi connectivity index (χ2n) is 5.28. The summed E-state index contributed by atoms with van der Waals surface area (Å²) in [5, 5.41) is 2.83. The first-order chi connectivity index (χ1) is 12.2. The monoisotopic (exact) mass is 332 g/mol.